The van der Waals surface area contributed by atoms with Crippen molar-refractivity contribution in [2.45, 2.75) is 46.1 Å². The lowest BCUT2D eigenvalue weighted by atomic mass is 9.88. The minimum absolute atomic E-state index is 0.0296. The summed E-state index contributed by atoms with van der Waals surface area (Å²) in [5.41, 5.74) is 6.75. The Balaban J connectivity index is 2.46. The standard InChI is InChI=1S/C17H27BrN2O/c1-12(2)14(9-10-19)7-8-17(21)20-13(3)15-5-4-6-16(18)11-15/h4-6,11-14H,7-10,19H2,1-3H3,(H,20,21)/t13-,14?/m1/s1. The van der Waals surface area contributed by atoms with Crippen LogP contribution in [0.25, 0.3) is 0 Å². The molecular formula is C17H27BrN2O. The number of halogens is 1. The average Bonchev–Trinajstić information content (AvgIpc) is 2.43. The van der Waals surface area contributed by atoms with E-state index in [0.29, 0.717) is 24.8 Å². The van der Waals surface area contributed by atoms with Crippen LogP contribution in [0.4, 0.5) is 0 Å². The van der Waals surface area contributed by atoms with Gasteiger partial charge in [0.2, 0.25) is 5.91 Å². The molecule has 0 aliphatic carbocycles. The second kappa shape index (κ2) is 9.21. The van der Waals surface area contributed by atoms with Crippen molar-refractivity contribution in [3.05, 3.63) is 34.3 Å². The zero-order valence-electron chi connectivity index (χ0n) is 13.2. The van der Waals surface area contributed by atoms with Gasteiger partial charge in [-0.25, -0.2) is 0 Å². The highest BCUT2D eigenvalue weighted by Gasteiger charge is 2.15. The number of amides is 1. The molecule has 21 heavy (non-hydrogen) atoms. The number of rotatable bonds is 8. The van der Waals surface area contributed by atoms with Crippen LogP contribution >= 0.6 is 15.9 Å². The van der Waals surface area contributed by atoms with E-state index in [9.17, 15) is 4.79 Å². The fraction of sp³-hybridized carbons (Fsp3) is 0.588. The predicted octanol–water partition coefficient (Wildman–Crippen LogP) is 4.03. The molecule has 0 heterocycles. The van der Waals surface area contributed by atoms with E-state index in [-0.39, 0.29) is 11.9 Å². The van der Waals surface area contributed by atoms with Crippen molar-refractivity contribution in [2.24, 2.45) is 17.6 Å². The van der Waals surface area contributed by atoms with Crippen LogP contribution in [-0.4, -0.2) is 12.5 Å². The molecule has 0 saturated carbocycles. The van der Waals surface area contributed by atoms with E-state index in [4.69, 9.17) is 5.73 Å². The fourth-order valence-electron chi connectivity index (χ4n) is 2.51. The van der Waals surface area contributed by atoms with Gasteiger partial charge in [-0.05, 0) is 55.8 Å². The molecule has 1 rings (SSSR count). The van der Waals surface area contributed by atoms with Gasteiger partial charge in [0, 0.05) is 10.9 Å². The molecule has 0 aromatic heterocycles. The van der Waals surface area contributed by atoms with Gasteiger partial charge in [-0.15, -0.1) is 0 Å². The molecule has 0 aliphatic heterocycles. The second-order valence-electron chi connectivity index (χ2n) is 5.96. The van der Waals surface area contributed by atoms with Crippen LogP contribution in [-0.2, 0) is 4.79 Å². The van der Waals surface area contributed by atoms with Crippen LogP contribution in [0.5, 0.6) is 0 Å². The molecule has 0 saturated heterocycles. The predicted molar refractivity (Wildman–Crippen MR) is 91.9 cm³/mol. The molecule has 0 radical (unpaired) electrons. The van der Waals surface area contributed by atoms with E-state index in [1.54, 1.807) is 0 Å². The van der Waals surface area contributed by atoms with Gasteiger partial charge in [0.05, 0.1) is 6.04 Å². The van der Waals surface area contributed by atoms with Crippen molar-refractivity contribution in [3.8, 4) is 0 Å². The molecule has 1 unspecified atom stereocenters. The lowest BCUT2D eigenvalue weighted by Gasteiger charge is -2.20. The van der Waals surface area contributed by atoms with Gasteiger partial charge >= 0.3 is 0 Å². The summed E-state index contributed by atoms with van der Waals surface area (Å²) in [7, 11) is 0. The van der Waals surface area contributed by atoms with E-state index < -0.39 is 0 Å². The Labute approximate surface area is 136 Å². The van der Waals surface area contributed by atoms with Crippen molar-refractivity contribution in [1.82, 2.24) is 5.32 Å². The van der Waals surface area contributed by atoms with E-state index in [2.05, 4.69) is 35.1 Å². The summed E-state index contributed by atoms with van der Waals surface area (Å²) in [5.74, 6) is 1.22. The maximum atomic E-state index is 12.1. The molecular weight excluding hydrogens is 328 g/mol. The van der Waals surface area contributed by atoms with E-state index >= 15 is 0 Å². The summed E-state index contributed by atoms with van der Waals surface area (Å²) in [5, 5.41) is 3.07. The summed E-state index contributed by atoms with van der Waals surface area (Å²) in [6, 6.07) is 8.06. The summed E-state index contributed by atoms with van der Waals surface area (Å²) in [6.07, 6.45) is 2.47. The largest absolute Gasteiger partial charge is 0.350 e. The lowest BCUT2D eigenvalue weighted by Crippen LogP contribution is -2.27. The third kappa shape index (κ3) is 6.62. The second-order valence-corrected chi connectivity index (χ2v) is 6.88. The summed E-state index contributed by atoms with van der Waals surface area (Å²) < 4.78 is 1.03. The van der Waals surface area contributed by atoms with Crippen LogP contribution in [0.3, 0.4) is 0 Å². The van der Waals surface area contributed by atoms with Crippen LogP contribution in [0, 0.1) is 11.8 Å². The van der Waals surface area contributed by atoms with Gasteiger partial charge in [0.1, 0.15) is 0 Å². The first-order valence-electron chi connectivity index (χ1n) is 7.69. The van der Waals surface area contributed by atoms with Gasteiger partial charge in [-0.2, -0.15) is 0 Å². The maximum absolute atomic E-state index is 12.1. The Hall–Kier alpha value is -0.870. The number of benzene rings is 1. The average molecular weight is 355 g/mol. The van der Waals surface area contributed by atoms with Crippen molar-refractivity contribution >= 4 is 21.8 Å². The quantitative estimate of drug-likeness (QED) is 0.740. The Kier molecular flexibility index (Phi) is 7.97. The van der Waals surface area contributed by atoms with Gasteiger partial charge in [0.15, 0.2) is 0 Å². The zero-order chi connectivity index (χ0) is 15.8. The Morgan fingerprint density at radius 3 is 2.57 bits per heavy atom. The summed E-state index contributed by atoms with van der Waals surface area (Å²) in [6.45, 7) is 7.10. The third-order valence-electron chi connectivity index (χ3n) is 3.95. The number of hydrogen-bond acceptors (Lipinski definition) is 2. The first-order valence-corrected chi connectivity index (χ1v) is 8.48. The van der Waals surface area contributed by atoms with Crippen LogP contribution < -0.4 is 11.1 Å². The fourth-order valence-corrected chi connectivity index (χ4v) is 2.93. The van der Waals surface area contributed by atoms with Crippen LogP contribution in [0.1, 0.15) is 51.6 Å². The number of nitrogens with one attached hydrogen (secondary N) is 1. The van der Waals surface area contributed by atoms with E-state index in [1.807, 2.05) is 31.2 Å². The van der Waals surface area contributed by atoms with Gasteiger partial charge in [-0.1, -0.05) is 41.9 Å². The smallest absolute Gasteiger partial charge is 0.220 e. The van der Waals surface area contributed by atoms with E-state index in [1.165, 1.54) is 0 Å². The third-order valence-corrected chi connectivity index (χ3v) is 4.44. The van der Waals surface area contributed by atoms with E-state index in [0.717, 1.165) is 22.9 Å². The molecule has 3 nitrogen and oxygen atoms in total. The van der Waals surface area contributed by atoms with Crippen molar-refractivity contribution in [1.29, 1.82) is 0 Å². The molecule has 2 atom stereocenters. The lowest BCUT2D eigenvalue weighted by molar-refractivity contribution is -0.122. The number of carbonyl (C=O) groups excluding carboxylic acids is 1. The van der Waals surface area contributed by atoms with Crippen molar-refractivity contribution in [3.63, 3.8) is 0 Å². The number of carbonyl (C=O) groups is 1. The molecule has 3 N–H and O–H groups in total. The highest BCUT2D eigenvalue weighted by Crippen LogP contribution is 2.21. The Morgan fingerprint density at radius 2 is 2.00 bits per heavy atom. The highest BCUT2D eigenvalue weighted by atomic mass is 79.9. The minimum Gasteiger partial charge on any atom is -0.350 e. The molecule has 0 fully saturated rings. The van der Waals surface area contributed by atoms with Gasteiger partial charge in [-0.3, -0.25) is 4.79 Å². The van der Waals surface area contributed by atoms with Crippen LogP contribution in [0.2, 0.25) is 0 Å². The maximum Gasteiger partial charge on any atom is 0.220 e. The molecule has 1 aromatic rings. The molecule has 118 valence electrons. The molecule has 0 aliphatic rings. The number of hydrogen-bond donors (Lipinski definition) is 2. The normalized spacial score (nSPS) is 14.0. The Morgan fingerprint density at radius 1 is 1.29 bits per heavy atom. The highest BCUT2D eigenvalue weighted by molar-refractivity contribution is 9.10. The number of nitrogens with two attached hydrogens (primary N) is 1. The van der Waals surface area contributed by atoms with Crippen LogP contribution in [0.15, 0.2) is 28.7 Å². The summed E-state index contributed by atoms with van der Waals surface area (Å²) >= 11 is 3.46. The van der Waals surface area contributed by atoms with Gasteiger partial charge < -0.3 is 11.1 Å². The SMILES string of the molecule is CC(C)C(CCN)CCC(=O)N[C@H](C)c1cccc(Br)c1. The molecule has 1 aromatic carbocycles. The van der Waals surface area contributed by atoms with Crippen molar-refractivity contribution < 1.29 is 4.79 Å². The molecule has 1 amide bonds. The zero-order valence-corrected chi connectivity index (χ0v) is 14.8. The topological polar surface area (TPSA) is 55.1 Å². The Bertz CT molecular complexity index is 448. The molecule has 0 spiro atoms. The summed E-state index contributed by atoms with van der Waals surface area (Å²) in [4.78, 5) is 12.1. The molecule has 0 bridgehead atoms. The minimum atomic E-state index is 0.0296. The first kappa shape index (κ1) is 18.2. The van der Waals surface area contributed by atoms with Crippen molar-refractivity contribution in [2.75, 3.05) is 6.54 Å². The van der Waals surface area contributed by atoms with Gasteiger partial charge in [0.25, 0.3) is 0 Å². The monoisotopic (exact) mass is 354 g/mol. The molecule has 4 heteroatoms. The first-order chi connectivity index (χ1) is 9.93.